The Bertz CT molecular complexity index is 239. The maximum Gasteiger partial charge on any atom is 0.223 e. The fourth-order valence-electron chi connectivity index (χ4n) is 2.16. The lowest BCUT2D eigenvalue weighted by Crippen LogP contribution is -2.60. The highest BCUT2D eigenvalue weighted by atomic mass is 16.8. The monoisotopic (exact) mass is 316 g/mol. The van der Waals surface area contributed by atoms with Crippen molar-refractivity contribution in [3.05, 3.63) is 13.8 Å². The summed E-state index contributed by atoms with van der Waals surface area (Å²) in [5.41, 5.74) is 0. The Labute approximate surface area is 137 Å². The van der Waals surface area contributed by atoms with Crippen LogP contribution >= 0.6 is 0 Å². The van der Waals surface area contributed by atoms with Crippen LogP contribution in [0.2, 0.25) is 0 Å². The molecule has 0 aliphatic heterocycles. The summed E-state index contributed by atoms with van der Waals surface area (Å²) in [6, 6.07) is 0. The molecule has 0 fully saturated rings. The maximum absolute atomic E-state index is 6.11. The van der Waals surface area contributed by atoms with Crippen LogP contribution in [-0.2, 0) is 18.9 Å². The number of hydrogen-bond acceptors (Lipinski definition) is 4. The molecule has 2 radical (unpaired) electrons. The molecular weight excluding hydrogens is 280 g/mol. The van der Waals surface area contributed by atoms with E-state index in [0.29, 0.717) is 39.3 Å². The van der Waals surface area contributed by atoms with Crippen LogP contribution < -0.4 is 0 Å². The highest BCUT2D eigenvalue weighted by Gasteiger charge is 2.52. The third-order valence-corrected chi connectivity index (χ3v) is 3.24. The summed E-state index contributed by atoms with van der Waals surface area (Å²) in [4.78, 5) is 0. The zero-order chi connectivity index (χ0) is 16.9. The summed E-state index contributed by atoms with van der Waals surface area (Å²) in [5, 5.41) is 0. The van der Waals surface area contributed by atoms with Gasteiger partial charge in [-0.05, 0) is 32.1 Å². The highest BCUT2D eigenvalue weighted by molar-refractivity contribution is 4.93. The molecule has 0 heterocycles. The van der Waals surface area contributed by atoms with Gasteiger partial charge in [-0.1, -0.05) is 34.6 Å². The second-order valence-electron chi connectivity index (χ2n) is 5.50. The molecular formula is C18H36O4. The SMILES string of the molecule is [CH2]CCC(OCCC)(OCCC)C([CH2])(OCCC)OCCC. The lowest BCUT2D eigenvalue weighted by atomic mass is 10.0. The summed E-state index contributed by atoms with van der Waals surface area (Å²) in [6.07, 6.45) is 4.81. The van der Waals surface area contributed by atoms with Gasteiger partial charge >= 0.3 is 0 Å². The lowest BCUT2D eigenvalue weighted by molar-refractivity contribution is -0.394. The average Bonchev–Trinajstić information content (AvgIpc) is 2.53. The van der Waals surface area contributed by atoms with Gasteiger partial charge in [-0.2, -0.15) is 0 Å². The van der Waals surface area contributed by atoms with E-state index in [-0.39, 0.29) is 0 Å². The summed E-state index contributed by atoms with van der Waals surface area (Å²) in [5.74, 6) is -2.17. The Hall–Kier alpha value is -0.160. The van der Waals surface area contributed by atoms with Crippen molar-refractivity contribution in [3.8, 4) is 0 Å². The molecule has 0 aromatic heterocycles. The van der Waals surface area contributed by atoms with E-state index in [1.807, 2.05) is 0 Å². The zero-order valence-electron chi connectivity index (χ0n) is 15.1. The molecule has 0 unspecified atom stereocenters. The minimum absolute atomic E-state index is 0.553. The summed E-state index contributed by atoms with van der Waals surface area (Å²) in [6.45, 7) is 18.7. The van der Waals surface area contributed by atoms with E-state index in [4.69, 9.17) is 18.9 Å². The molecule has 0 atom stereocenters. The van der Waals surface area contributed by atoms with Gasteiger partial charge in [0.25, 0.3) is 0 Å². The van der Waals surface area contributed by atoms with Gasteiger partial charge in [0.2, 0.25) is 11.6 Å². The van der Waals surface area contributed by atoms with Crippen molar-refractivity contribution < 1.29 is 18.9 Å². The molecule has 4 nitrogen and oxygen atoms in total. The van der Waals surface area contributed by atoms with E-state index >= 15 is 0 Å². The Kier molecular flexibility index (Phi) is 12.2. The van der Waals surface area contributed by atoms with Gasteiger partial charge in [-0.15, -0.1) is 0 Å². The van der Waals surface area contributed by atoms with E-state index in [1.54, 1.807) is 0 Å². The van der Waals surface area contributed by atoms with E-state index in [9.17, 15) is 0 Å². The van der Waals surface area contributed by atoms with E-state index in [0.717, 1.165) is 25.7 Å². The van der Waals surface area contributed by atoms with Crippen molar-refractivity contribution >= 4 is 0 Å². The topological polar surface area (TPSA) is 36.9 Å². The summed E-state index contributed by atoms with van der Waals surface area (Å²) in [7, 11) is 0. The third-order valence-electron chi connectivity index (χ3n) is 3.24. The predicted octanol–water partition coefficient (Wildman–Crippen LogP) is 4.53. The van der Waals surface area contributed by atoms with Gasteiger partial charge in [-0.25, -0.2) is 0 Å². The van der Waals surface area contributed by atoms with Gasteiger partial charge in [-0.3, -0.25) is 0 Å². The molecule has 0 bridgehead atoms. The van der Waals surface area contributed by atoms with Crippen LogP contribution in [0.5, 0.6) is 0 Å². The molecule has 0 amide bonds. The molecule has 0 saturated heterocycles. The van der Waals surface area contributed by atoms with E-state index in [2.05, 4.69) is 41.5 Å². The highest BCUT2D eigenvalue weighted by Crippen LogP contribution is 2.37. The van der Waals surface area contributed by atoms with Crippen LogP contribution in [0.3, 0.4) is 0 Å². The Balaban J connectivity index is 5.41. The standard InChI is InChI=1S/C18H36O4/c1-7-12-18(21-15-10-4,22-16-11-5)17(6,19-13-8-2)20-14-9-3/h1,6-16H2,2-5H3. The average molecular weight is 316 g/mol. The van der Waals surface area contributed by atoms with Crippen molar-refractivity contribution in [2.24, 2.45) is 0 Å². The van der Waals surface area contributed by atoms with Crippen molar-refractivity contribution in [2.45, 2.75) is 77.8 Å². The van der Waals surface area contributed by atoms with Gasteiger partial charge in [0.15, 0.2) is 0 Å². The molecule has 0 saturated carbocycles. The van der Waals surface area contributed by atoms with Crippen LogP contribution in [0.4, 0.5) is 0 Å². The van der Waals surface area contributed by atoms with Crippen molar-refractivity contribution in [3.63, 3.8) is 0 Å². The second-order valence-corrected chi connectivity index (χ2v) is 5.50. The first-order chi connectivity index (χ1) is 10.6. The van der Waals surface area contributed by atoms with Crippen LogP contribution in [-0.4, -0.2) is 38.0 Å². The molecule has 4 heteroatoms. The molecule has 0 N–H and O–H groups in total. The minimum Gasteiger partial charge on any atom is -0.345 e. The molecule has 0 spiro atoms. The second kappa shape index (κ2) is 12.3. The number of ether oxygens (including phenoxy) is 4. The summed E-state index contributed by atoms with van der Waals surface area (Å²) >= 11 is 0. The zero-order valence-corrected chi connectivity index (χ0v) is 15.1. The van der Waals surface area contributed by atoms with Crippen LogP contribution in [0, 0.1) is 13.8 Å². The number of rotatable bonds is 15. The molecule has 0 aromatic rings. The lowest BCUT2D eigenvalue weighted by Gasteiger charge is -2.46. The molecule has 132 valence electrons. The Morgan fingerprint density at radius 3 is 1.36 bits per heavy atom. The Morgan fingerprint density at radius 1 is 0.682 bits per heavy atom. The molecule has 0 rings (SSSR count). The molecule has 0 aliphatic carbocycles. The summed E-state index contributed by atoms with van der Waals surface area (Å²) < 4.78 is 24.2. The first kappa shape index (κ1) is 21.8. The van der Waals surface area contributed by atoms with E-state index < -0.39 is 11.6 Å². The quantitative estimate of drug-likeness (QED) is 0.416. The van der Waals surface area contributed by atoms with E-state index in [1.165, 1.54) is 0 Å². The van der Waals surface area contributed by atoms with Crippen LogP contribution in [0.1, 0.15) is 66.2 Å². The first-order valence-corrected chi connectivity index (χ1v) is 8.76. The van der Waals surface area contributed by atoms with Crippen LogP contribution in [0.15, 0.2) is 0 Å². The fraction of sp³-hybridized carbons (Fsp3) is 0.889. The van der Waals surface area contributed by atoms with Crippen molar-refractivity contribution in [1.29, 1.82) is 0 Å². The molecule has 0 aromatic carbocycles. The smallest absolute Gasteiger partial charge is 0.223 e. The maximum atomic E-state index is 6.11. The fourth-order valence-corrected chi connectivity index (χ4v) is 2.16. The minimum atomic E-state index is -1.17. The first-order valence-electron chi connectivity index (χ1n) is 8.76. The normalized spacial score (nSPS) is 12.8. The molecule has 0 aliphatic rings. The van der Waals surface area contributed by atoms with Crippen LogP contribution in [0.25, 0.3) is 0 Å². The third kappa shape index (κ3) is 6.53. The molecule has 22 heavy (non-hydrogen) atoms. The van der Waals surface area contributed by atoms with Gasteiger partial charge in [0, 0.05) is 39.8 Å². The number of hydrogen-bond donors (Lipinski definition) is 0. The Morgan fingerprint density at radius 2 is 1.05 bits per heavy atom. The van der Waals surface area contributed by atoms with Crippen molar-refractivity contribution in [1.82, 2.24) is 0 Å². The largest absolute Gasteiger partial charge is 0.345 e. The van der Waals surface area contributed by atoms with Crippen molar-refractivity contribution in [2.75, 3.05) is 26.4 Å². The van der Waals surface area contributed by atoms with Gasteiger partial charge in [0.1, 0.15) is 0 Å². The van der Waals surface area contributed by atoms with Gasteiger partial charge in [0.05, 0.1) is 0 Å². The predicted molar refractivity (Wildman–Crippen MR) is 90.4 cm³/mol. The van der Waals surface area contributed by atoms with Gasteiger partial charge < -0.3 is 18.9 Å².